The van der Waals surface area contributed by atoms with E-state index in [2.05, 4.69) is 20.9 Å². The molecule has 0 bridgehead atoms. The maximum atomic E-state index is 12.6. The van der Waals surface area contributed by atoms with Gasteiger partial charge in [-0.05, 0) is 49.6 Å². The van der Waals surface area contributed by atoms with Gasteiger partial charge in [-0.25, -0.2) is 4.68 Å². The van der Waals surface area contributed by atoms with Crippen molar-refractivity contribution < 1.29 is 9.59 Å². The van der Waals surface area contributed by atoms with E-state index >= 15 is 0 Å². The molecule has 1 aromatic heterocycles. The van der Waals surface area contributed by atoms with E-state index in [1.165, 1.54) is 4.68 Å². The van der Waals surface area contributed by atoms with Crippen molar-refractivity contribution in [2.45, 2.75) is 33.9 Å². The standard InChI is InChI=1S/C21H22ClN5O2/c1-13-8-9-14(2)18(10-13)24-21(29)20-15(3)27(26-25-20)12-19(28)23-11-16-6-4-5-7-17(16)22/h4-10H,11-12H2,1-3H3,(H,23,28)(H,24,29). The first-order valence-electron chi connectivity index (χ1n) is 9.14. The lowest BCUT2D eigenvalue weighted by molar-refractivity contribution is -0.122. The molecule has 8 heteroatoms. The lowest BCUT2D eigenvalue weighted by Crippen LogP contribution is -2.28. The Hall–Kier alpha value is -3.19. The molecule has 2 N–H and O–H groups in total. The van der Waals surface area contributed by atoms with E-state index in [1.807, 2.05) is 50.2 Å². The monoisotopic (exact) mass is 411 g/mol. The summed E-state index contributed by atoms with van der Waals surface area (Å²) in [4.78, 5) is 24.9. The van der Waals surface area contributed by atoms with Gasteiger partial charge >= 0.3 is 0 Å². The van der Waals surface area contributed by atoms with Gasteiger partial charge in [-0.15, -0.1) is 5.10 Å². The molecular formula is C21H22ClN5O2. The van der Waals surface area contributed by atoms with E-state index in [0.29, 0.717) is 17.3 Å². The summed E-state index contributed by atoms with van der Waals surface area (Å²) in [6.45, 7) is 5.85. The third-order valence-electron chi connectivity index (χ3n) is 4.57. The van der Waals surface area contributed by atoms with Crippen molar-refractivity contribution in [2.24, 2.45) is 0 Å². The highest BCUT2D eigenvalue weighted by Crippen LogP contribution is 2.18. The van der Waals surface area contributed by atoms with Gasteiger partial charge in [0.05, 0.1) is 5.69 Å². The van der Waals surface area contributed by atoms with E-state index in [0.717, 1.165) is 22.4 Å². The first kappa shape index (κ1) is 20.5. The molecule has 0 aliphatic rings. The number of nitrogens with zero attached hydrogens (tertiary/aromatic N) is 3. The van der Waals surface area contributed by atoms with Crippen LogP contribution in [0.5, 0.6) is 0 Å². The second-order valence-electron chi connectivity index (χ2n) is 6.82. The summed E-state index contributed by atoms with van der Waals surface area (Å²) < 4.78 is 1.40. The predicted octanol–water partition coefficient (Wildman–Crippen LogP) is 3.43. The highest BCUT2D eigenvalue weighted by atomic mass is 35.5. The van der Waals surface area contributed by atoms with Crippen LogP contribution in [0.4, 0.5) is 5.69 Å². The molecule has 7 nitrogen and oxygen atoms in total. The van der Waals surface area contributed by atoms with Crippen LogP contribution in [0.1, 0.15) is 32.9 Å². The molecule has 29 heavy (non-hydrogen) atoms. The number of benzene rings is 2. The van der Waals surface area contributed by atoms with Gasteiger partial charge in [0.2, 0.25) is 5.91 Å². The molecule has 2 amide bonds. The average Bonchev–Trinajstić information content (AvgIpc) is 3.04. The van der Waals surface area contributed by atoms with E-state index in [4.69, 9.17) is 11.6 Å². The molecule has 1 heterocycles. The van der Waals surface area contributed by atoms with Crippen molar-refractivity contribution in [1.82, 2.24) is 20.3 Å². The zero-order valence-electron chi connectivity index (χ0n) is 16.5. The Kier molecular flexibility index (Phi) is 6.29. The van der Waals surface area contributed by atoms with Gasteiger partial charge in [0.15, 0.2) is 5.69 Å². The van der Waals surface area contributed by atoms with Crippen LogP contribution in [0.3, 0.4) is 0 Å². The molecule has 0 atom stereocenters. The number of aromatic nitrogens is 3. The van der Waals surface area contributed by atoms with Crippen LogP contribution in [0, 0.1) is 20.8 Å². The molecule has 150 valence electrons. The van der Waals surface area contributed by atoms with Gasteiger partial charge in [-0.2, -0.15) is 0 Å². The maximum absolute atomic E-state index is 12.6. The molecule has 0 unspecified atom stereocenters. The summed E-state index contributed by atoms with van der Waals surface area (Å²) in [6.07, 6.45) is 0. The topological polar surface area (TPSA) is 88.9 Å². The van der Waals surface area contributed by atoms with E-state index in [-0.39, 0.29) is 24.1 Å². The second kappa shape index (κ2) is 8.87. The molecule has 0 radical (unpaired) electrons. The van der Waals surface area contributed by atoms with Crippen molar-refractivity contribution in [3.8, 4) is 0 Å². The summed E-state index contributed by atoms with van der Waals surface area (Å²) in [6, 6.07) is 13.1. The minimum atomic E-state index is -0.362. The van der Waals surface area contributed by atoms with E-state index in [9.17, 15) is 9.59 Å². The number of hydrogen-bond donors (Lipinski definition) is 2. The smallest absolute Gasteiger partial charge is 0.278 e. The summed E-state index contributed by atoms with van der Waals surface area (Å²) >= 11 is 6.10. The number of halogens is 1. The van der Waals surface area contributed by atoms with Crippen LogP contribution < -0.4 is 10.6 Å². The zero-order chi connectivity index (χ0) is 21.0. The Balaban J connectivity index is 1.64. The summed E-state index contributed by atoms with van der Waals surface area (Å²) in [5, 5.41) is 14.1. The van der Waals surface area contributed by atoms with E-state index in [1.54, 1.807) is 13.0 Å². The van der Waals surface area contributed by atoms with Crippen LogP contribution >= 0.6 is 11.6 Å². The quantitative estimate of drug-likeness (QED) is 0.650. The van der Waals surface area contributed by atoms with Crippen LogP contribution in [-0.2, 0) is 17.9 Å². The van der Waals surface area contributed by atoms with Gasteiger partial charge in [-0.1, -0.05) is 47.1 Å². The van der Waals surface area contributed by atoms with Crippen LogP contribution in [0.25, 0.3) is 0 Å². The number of amides is 2. The zero-order valence-corrected chi connectivity index (χ0v) is 17.2. The molecule has 0 fully saturated rings. The number of carbonyl (C=O) groups excluding carboxylic acids is 2. The van der Waals surface area contributed by atoms with Crippen molar-refractivity contribution in [1.29, 1.82) is 0 Å². The molecule has 0 saturated carbocycles. The minimum absolute atomic E-state index is 0.0416. The largest absolute Gasteiger partial charge is 0.350 e. The summed E-state index contributed by atoms with van der Waals surface area (Å²) in [7, 11) is 0. The van der Waals surface area contributed by atoms with Gasteiger partial charge in [-0.3, -0.25) is 9.59 Å². The third-order valence-corrected chi connectivity index (χ3v) is 4.93. The Labute approximate surface area is 174 Å². The normalized spacial score (nSPS) is 10.6. The number of anilines is 1. The Morgan fingerprint density at radius 2 is 1.86 bits per heavy atom. The van der Waals surface area contributed by atoms with Gasteiger partial charge < -0.3 is 10.6 Å². The van der Waals surface area contributed by atoms with E-state index < -0.39 is 0 Å². The summed E-state index contributed by atoms with van der Waals surface area (Å²) in [5.41, 5.74) is 4.24. The number of rotatable bonds is 6. The van der Waals surface area contributed by atoms with Crippen LogP contribution in [-0.4, -0.2) is 26.8 Å². The Bertz CT molecular complexity index is 1060. The maximum Gasteiger partial charge on any atom is 0.278 e. The molecular weight excluding hydrogens is 390 g/mol. The fourth-order valence-electron chi connectivity index (χ4n) is 2.80. The van der Waals surface area contributed by atoms with Gasteiger partial charge in [0, 0.05) is 17.3 Å². The minimum Gasteiger partial charge on any atom is -0.350 e. The van der Waals surface area contributed by atoms with Crippen molar-refractivity contribution in [3.05, 3.63) is 75.6 Å². The lowest BCUT2D eigenvalue weighted by atomic mass is 10.1. The summed E-state index contributed by atoms with van der Waals surface area (Å²) in [5.74, 6) is -0.613. The van der Waals surface area contributed by atoms with Gasteiger partial charge in [0.1, 0.15) is 6.54 Å². The number of nitrogens with one attached hydrogen (secondary N) is 2. The highest BCUT2D eigenvalue weighted by Gasteiger charge is 2.18. The second-order valence-corrected chi connectivity index (χ2v) is 7.23. The fourth-order valence-corrected chi connectivity index (χ4v) is 3.00. The first-order valence-corrected chi connectivity index (χ1v) is 9.51. The molecule has 0 aliphatic carbocycles. The molecule has 2 aromatic carbocycles. The van der Waals surface area contributed by atoms with Crippen molar-refractivity contribution >= 4 is 29.1 Å². The number of carbonyl (C=O) groups is 2. The van der Waals surface area contributed by atoms with Crippen LogP contribution in [0.15, 0.2) is 42.5 Å². The predicted molar refractivity (Wildman–Crippen MR) is 112 cm³/mol. The molecule has 3 rings (SSSR count). The SMILES string of the molecule is Cc1ccc(C)c(NC(=O)c2nnn(CC(=O)NCc3ccccc3Cl)c2C)c1. The fraction of sp³-hybridized carbons (Fsp3) is 0.238. The third kappa shape index (κ3) is 5.00. The Morgan fingerprint density at radius 1 is 1.10 bits per heavy atom. The van der Waals surface area contributed by atoms with Crippen molar-refractivity contribution in [3.63, 3.8) is 0 Å². The molecule has 0 saturated heterocycles. The highest BCUT2D eigenvalue weighted by molar-refractivity contribution is 6.31. The number of hydrogen-bond acceptors (Lipinski definition) is 4. The Morgan fingerprint density at radius 3 is 2.62 bits per heavy atom. The molecule has 0 aliphatic heterocycles. The lowest BCUT2D eigenvalue weighted by Gasteiger charge is -2.09. The first-order chi connectivity index (χ1) is 13.8. The molecule has 0 spiro atoms. The number of aryl methyl sites for hydroxylation is 2. The average molecular weight is 412 g/mol. The van der Waals surface area contributed by atoms with Crippen LogP contribution in [0.2, 0.25) is 5.02 Å². The van der Waals surface area contributed by atoms with Gasteiger partial charge in [0.25, 0.3) is 5.91 Å². The molecule has 3 aromatic rings. The van der Waals surface area contributed by atoms with Crippen molar-refractivity contribution in [2.75, 3.05) is 5.32 Å².